The maximum Gasteiger partial charge on any atom is 0.277 e. The van der Waals surface area contributed by atoms with Crippen LogP contribution in [0.15, 0.2) is 47.6 Å². The molecule has 0 spiro atoms. The third-order valence-electron chi connectivity index (χ3n) is 3.33. The van der Waals surface area contributed by atoms with Gasteiger partial charge in [0.15, 0.2) is 6.61 Å². The molecule has 0 atom stereocenters. The summed E-state index contributed by atoms with van der Waals surface area (Å²) in [6.45, 7) is 5.31. The second-order valence-electron chi connectivity index (χ2n) is 6.08. The van der Waals surface area contributed by atoms with Gasteiger partial charge in [-0.05, 0) is 43.7 Å². The molecule has 0 saturated carbocycles. The molecular weight excluding hydrogens is 318 g/mol. The molecule has 0 saturated heterocycles. The van der Waals surface area contributed by atoms with Crippen molar-refractivity contribution >= 4 is 28.3 Å². The molecule has 0 aromatic heterocycles. The maximum absolute atomic E-state index is 11.8. The molecule has 6 heteroatoms. The van der Waals surface area contributed by atoms with Gasteiger partial charge in [-0.2, -0.15) is 5.10 Å². The molecule has 0 heterocycles. The van der Waals surface area contributed by atoms with Gasteiger partial charge in [0.05, 0.1) is 6.42 Å². The van der Waals surface area contributed by atoms with Crippen molar-refractivity contribution in [2.45, 2.75) is 33.2 Å². The van der Waals surface area contributed by atoms with Crippen LogP contribution in [0.5, 0.6) is 5.75 Å². The average Bonchev–Trinajstić information content (AvgIpc) is 2.57. The number of rotatable bonds is 7. The minimum Gasteiger partial charge on any atom is -0.484 e. The quantitative estimate of drug-likeness (QED) is 0.600. The van der Waals surface area contributed by atoms with E-state index in [1.807, 2.05) is 56.3 Å². The van der Waals surface area contributed by atoms with E-state index in [-0.39, 0.29) is 30.9 Å². The van der Waals surface area contributed by atoms with Gasteiger partial charge in [-0.1, -0.05) is 30.3 Å². The highest BCUT2D eigenvalue weighted by atomic mass is 16.5. The van der Waals surface area contributed by atoms with Gasteiger partial charge < -0.3 is 10.1 Å². The maximum atomic E-state index is 11.8. The highest BCUT2D eigenvalue weighted by Gasteiger charge is 2.07. The predicted molar refractivity (Wildman–Crippen MR) is 98.6 cm³/mol. The topological polar surface area (TPSA) is 79.8 Å². The number of hydrogen-bond donors (Lipinski definition) is 2. The summed E-state index contributed by atoms with van der Waals surface area (Å²) < 4.78 is 5.48. The molecule has 0 bridgehead atoms. The largest absolute Gasteiger partial charge is 0.484 e. The molecule has 0 unspecified atom stereocenters. The van der Waals surface area contributed by atoms with E-state index < -0.39 is 0 Å². The molecule has 0 aliphatic rings. The van der Waals surface area contributed by atoms with Crippen molar-refractivity contribution in [3.05, 3.63) is 42.5 Å². The van der Waals surface area contributed by atoms with E-state index in [1.165, 1.54) is 0 Å². The predicted octanol–water partition coefficient (Wildman–Crippen LogP) is 2.63. The van der Waals surface area contributed by atoms with Crippen LogP contribution in [-0.2, 0) is 9.59 Å². The van der Waals surface area contributed by atoms with Crippen LogP contribution in [0.4, 0.5) is 0 Å². The van der Waals surface area contributed by atoms with Crippen molar-refractivity contribution in [2.75, 3.05) is 6.61 Å². The monoisotopic (exact) mass is 341 g/mol. The number of fused-ring (bicyclic) bond motifs is 1. The molecular formula is C19H23N3O3. The number of benzene rings is 2. The van der Waals surface area contributed by atoms with E-state index in [0.29, 0.717) is 11.5 Å². The Morgan fingerprint density at radius 3 is 2.52 bits per heavy atom. The summed E-state index contributed by atoms with van der Waals surface area (Å²) in [6.07, 6.45) is 0.143. The molecule has 0 radical (unpaired) electrons. The summed E-state index contributed by atoms with van der Waals surface area (Å²) >= 11 is 0. The number of ether oxygens (including phenoxy) is 1. The van der Waals surface area contributed by atoms with Gasteiger partial charge in [-0.3, -0.25) is 9.59 Å². The molecule has 6 nitrogen and oxygen atoms in total. The van der Waals surface area contributed by atoms with E-state index in [0.717, 1.165) is 10.8 Å². The Morgan fingerprint density at radius 2 is 1.80 bits per heavy atom. The molecule has 2 amide bonds. The summed E-state index contributed by atoms with van der Waals surface area (Å²) in [5, 5.41) is 8.83. The van der Waals surface area contributed by atoms with E-state index >= 15 is 0 Å². The Hall–Kier alpha value is -2.89. The minimum atomic E-state index is -0.378. The van der Waals surface area contributed by atoms with E-state index in [2.05, 4.69) is 15.8 Å². The summed E-state index contributed by atoms with van der Waals surface area (Å²) in [5.74, 6) is 0.112. The number of nitrogens with one attached hydrogen (secondary N) is 2. The standard InChI is InChI=1S/C19H23N3O3/c1-13(2)20-18(23)10-14(3)21-22-19(24)12-25-17-9-8-15-6-4-5-7-16(15)11-17/h4-9,11,13H,10,12H2,1-3H3,(H,20,23)(H,22,24)/b21-14+. The Labute approximate surface area is 147 Å². The fraction of sp³-hybridized carbons (Fsp3) is 0.316. The van der Waals surface area contributed by atoms with E-state index in [9.17, 15) is 9.59 Å². The second-order valence-corrected chi connectivity index (χ2v) is 6.08. The Balaban J connectivity index is 1.81. The first-order valence-corrected chi connectivity index (χ1v) is 8.17. The fourth-order valence-electron chi connectivity index (χ4n) is 2.24. The molecule has 2 rings (SSSR count). The lowest BCUT2D eigenvalue weighted by atomic mass is 10.1. The Morgan fingerprint density at radius 1 is 1.08 bits per heavy atom. The lowest BCUT2D eigenvalue weighted by Crippen LogP contribution is -2.32. The summed E-state index contributed by atoms with van der Waals surface area (Å²) in [4.78, 5) is 23.4. The lowest BCUT2D eigenvalue weighted by Gasteiger charge is -2.08. The molecule has 0 aliphatic heterocycles. The second kappa shape index (κ2) is 8.82. The molecule has 25 heavy (non-hydrogen) atoms. The first-order chi connectivity index (χ1) is 11.9. The van der Waals surface area contributed by atoms with Gasteiger partial charge in [0, 0.05) is 11.8 Å². The first-order valence-electron chi connectivity index (χ1n) is 8.17. The number of carbonyl (C=O) groups excluding carboxylic acids is 2. The lowest BCUT2D eigenvalue weighted by molar-refractivity contribution is -0.123. The Bertz CT molecular complexity index is 784. The van der Waals surface area contributed by atoms with Crippen LogP contribution in [0.25, 0.3) is 10.8 Å². The summed E-state index contributed by atoms with van der Waals surface area (Å²) in [5.41, 5.74) is 2.92. The number of nitrogens with zero attached hydrogens (tertiary/aromatic N) is 1. The normalized spacial score (nSPS) is 11.4. The van der Waals surface area contributed by atoms with Crippen LogP contribution < -0.4 is 15.5 Å². The highest BCUT2D eigenvalue weighted by molar-refractivity contribution is 6.00. The van der Waals surface area contributed by atoms with Crippen LogP contribution in [0.1, 0.15) is 27.2 Å². The van der Waals surface area contributed by atoms with Crippen LogP contribution in [0.2, 0.25) is 0 Å². The molecule has 2 aromatic rings. The highest BCUT2D eigenvalue weighted by Crippen LogP contribution is 2.20. The van der Waals surface area contributed by atoms with Gasteiger partial charge in [0.25, 0.3) is 5.91 Å². The average molecular weight is 341 g/mol. The van der Waals surface area contributed by atoms with Gasteiger partial charge >= 0.3 is 0 Å². The zero-order valence-corrected chi connectivity index (χ0v) is 14.7. The molecule has 2 aromatic carbocycles. The van der Waals surface area contributed by atoms with Gasteiger partial charge in [-0.15, -0.1) is 0 Å². The van der Waals surface area contributed by atoms with Crippen molar-refractivity contribution in [1.82, 2.24) is 10.7 Å². The van der Waals surface area contributed by atoms with Crippen LogP contribution >= 0.6 is 0 Å². The summed E-state index contributed by atoms with van der Waals surface area (Å²) in [6, 6.07) is 13.6. The smallest absolute Gasteiger partial charge is 0.277 e. The van der Waals surface area contributed by atoms with Crippen molar-refractivity contribution in [1.29, 1.82) is 0 Å². The minimum absolute atomic E-state index is 0.0743. The van der Waals surface area contributed by atoms with Crippen LogP contribution in [-0.4, -0.2) is 30.2 Å². The number of amides is 2. The SMILES string of the molecule is C/C(CC(=O)NC(C)C)=N\NC(=O)COc1ccc2ccccc2c1. The third kappa shape index (κ3) is 6.25. The molecule has 0 aliphatic carbocycles. The van der Waals surface area contributed by atoms with Gasteiger partial charge in [-0.25, -0.2) is 5.43 Å². The molecule has 2 N–H and O–H groups in total. The molecule has 0 fully saturated rings. The van der Waals surface area contributed by atoms with Crippen molar-refractivity contribution in [3.63, 3.8) is 0 Å². The van der Waals surface area contributed by atoms with E-state index in [4.69, 9.17) is 4.74 Å². The zero-order valence-electron chi connectivity index (χ0n) is 14.7. The number of carbonyl (C=O) groups is 2. The van der Waals surface area contributed by atoms with Crippen molar-refractivity contribution < 1.29 is 14.3 Å². The van der Waals surface area contributed by atoms with Crippen molar-refractivity contribution in [3.8, 4) is 5.75 Å². The van der Waals surface area contributed by atoms with Crippen LogP contribution in [0, 0.1) is 0 Å². The first kappa shape index (κ1) is 18.4. The zero-order chi connectivity index (χ0) is 18.2. The third-order valence-corrected chi connectivity index (χ3v) is 3.33. The summed E-state index contributed by atoms with van der Waals surface area (Å²) in [7, 11) is 0. The fourth-order valence-corrected chi connectivity index (χ4v) is 2.24. The number of hydrazone groups is 1. The number of hydrogen-bond acceptors (Lipinski definition) is 4. The van der Waals surface area contributed by atoms with Crippen LogP contribution in [0.3, 0.4) is 0 Å². The Kier molecular flexibility index (Phi) is 6.51. The van der Waals surface area contributed by atoms with E-state index in [1.54, 1.807) is 6.92 Å². The van der Waals surface area contributed by atoms with Gasteiger partial charge in [0.1, 0.15) is 5.75 Å². The molecule has 132 valence electrons. The van der Waals surface area contributed by atoms with Crippen molar-refractivity contribution in [2.24, 2.45) is 5.10 Å². The van der Waals surface area contributed by atoms with Gasteiger partial charge in [0.2, 0.25) is 5.91 Å².